The number of hydrogen-bond acceptors (Lipinski definition) is 4. The van der Waals surface area contributed by atoms with Gasteiger partial charge in [-0.25, -0.2) is 9.97 Å². The highest BCUT2D eigenvalue weighted by atomic mass is 35.5. The van der Waals surface area contributed by atoms with E-state index >= 15 is 0 Å². The van der Waals surface area contributed by atoms with Crippen molar-refractivity contribution < 1.29 is 0 Å². The maximum atomic E-state index is 9.26. The van der Waals surface area contributed by atoms with Gasteiger partial charge in [-0.2, -0.15) is 5.26 Å². The van der Waals surface area contributed by atoms with Gasteiger partial charge in [0.25, 0.3) is 0 Å². The van der Waals surface area contributed by atoms with E-state index in [2.05, 4.69) is 28.0 Å². The van der Waals surface area contributed by atoms with E-state index in [1.54, 1.807) is 12.3 Å². The fourth-order valence-electron chi connectivity index (χ4n) is 1.54. The number of nitriles is 1. The Bertz CT molecular complexity index is 545. The Morgan fingerprint density at radius 2 is 2.47 bits per heavy atom. The zero-order valence-electron chi connectivity index (χ0n) is 9.35. The molecule has 88 valence electrons. The third kappa shape index (κ3) is 2.71. The molecule has 1 unspecified atom stereocenters. The molecular formula is C11H11ClN4S. The summed E-state index contributed by atoms with van der Waals surface area (Å²) in [6.45, 7) is 2.08. The summed E-state index contributed by atoms with van der Waals surface area (Å²) in [5.74, 6) is 1.58. The minimum atomic E-state index is -0.151. The number of nitrogens with zero attached hydrogens (tertiary/aromatic N) is 4. The molecule has 2 rings (SSSR count). The molecule has 0 aromatic carbocycles. The average molecular weight is 267 g/mol. The van der Waals surface area contributed by atoms with Crippen molar-refractivity contribution in [2.24, 2.45) is 4.99 Å². The monoisotopic (exact) mass is 266 g/mol. The highest BCUT2D eigenvalue weighted by Crippen LogP contribution is 2.25. The van der Waals surface area contributed by atoms with Crippen LogP contribution in [0.5, 0.6) is 0 Å². The van der Waals surface area contributed by atoms with E-state index in [1.165, 1.54) is 5.71 Å². The summed E-state index contributed by atoms with van der Waals surface area (Å²) in [5, 5.41) is 9.43. The van der Waals surface area contributed by atoms with Gasteiger partial charge in [0.1, 0.15) is 10.9 Å². The number of hydrogen-bond donors (Lipinski definition) is 0. The molecule has 4 nitrogen and oxygen atoms in total. The second-order valence-electron chi connectivity index (χ2n) is 3.50. The van der Waals surface area contributed by atoms with Gasteiger partial charge in [-0.05, 0) is 24.1 Å². The molecular weight excluding hydrogens is 256 g/mol. The minimum Gasteiger partial charge on any atom is -0.283 e. The van der Waals surface area contributed by atoms with E-state index in [4.69, 9.17) is 11.6 Å². The van der Waals surface area contributed by atoms with Crippen LogP contribution in [0.25, 0.3) is 0 Å². The van der Waals surface area contributed by atoms with Crippen LogP contribution in [0.2, 0.25) is 5.28 Å². The summed E-state index contributed by atoms with van der Waals surface area (Å²) in [6, 6.07) is 3.96. The van der Waals surface area contributed by atoms with Gasteiger partial charge in [0.2, 0.25) is 5.28 Å². The van der Waals surface area contributed by atoms with Crippen LogP contribution in [0.4, 0.5) is 0 Å². The van der Waals surface area contributed by atoms with Crippen molar-refractivity contribution in [1.29, 1.82) is 5.26 Å². The molecule has 6 heteroatoms. The van der Waals surface area contributed by atoms with Gasteiger partial charge >= 0.3 is 0 Å². The van der Waals surface area contributed by atoms with E-state index in [1.807, 2.05) is 0 Å². The molecule has 17 heavy (non-hydrogen) atoms. The minimum absolute atomic E-state index is 0.151. The molecule has 0 radical (unpaired) electrons. The van der Waals surface area contributed by atoms with Crippen LogP contribution in [-0.2, 0) is 0 Å². The van der Waals surface area contributed by atoms with Crippen LogP contribution in [0, 0.1) is 11.3 Å². The first-order valence-electron chi connectivity index (χ1n) is 5.20. The summed E-state index contributed by atoms with van der Waals surface area (Å²) < 4.78 is 0. The molecule has 0 saturated heterocycles. The van der Waals surface area contributed by atoms with Crippen molar-refractivity contribution >= 4 is 32.7 Å². The molecule has 1 aromatic rings. The number of aliphatic imine (C=N–C) groups is 1. The van der Waals surface area contributed by atoms with E-state index in [9.17, 15) is 5.26 Å². The predicted octanol–water partition coefficient (Wildman–Crippen LogP) is 2.27. The lowest BCUT2D eigenvalue weighted by Gasteiger charge is -2.04. The quantitative estimate of drug-likeness (QED) is 0.469. The summed E-state index contributed by atoms with van der Waals surface area (Å²) >= 11 is 5.74. The number of aromatic nitrogens is 2. The second-order valence-corrected chi connectivity index (χ2v) is 5.77. The smallest absolute Gasteiger partial charge is 0.222 e. The summed E-state index contributed by atoms with van der Waals surface area (Å²) in [7, 11) is -0.151. The van der Waals surface area contributed by atoms with Gasteiger partial charge in [0.15, 0.2) is 0 Å². The summed E-state index contributed by atoms with van der Waals surface area (Å²) in [6.07, 6.45) is 2.52. The number of rotatable bonds is 2. The fourth-order valence-corrected chi connectivity index (χ4v) is 3.63. The lowest BCUT2D eigenvalue weighted by Crippen LogP contribution is -2.05. The van der Waals surface area contributed by atoms with E-state index in [0.29, 0.717) is 16.4 Å². The Hall–Kier alpha value is -1.25. The molecule has 0 amide bonds. The topological polar surface area (TPSA) is 61.9 Å². The van der Waals surface area contributed by atoms with Gasteiger partial charge in [0, 0.05) is 17.7 Å². The van der Waals surface area contributed by atoms with Gasteiger partial charge < -0.3 is 0 Å². The first-order chi connectivity index (χ1) is 8.24. The van der Waals surface area contributed by atoms with Crippen LogP contribution in [0.1, 0.15) is 19.0 Å². The molecule has 0 spiro atoms. The van der Waals surface area contributed by atoms with Crippen LogP contribution in [-0.4, -0.2) is 32.2 Å². The Kier molecular flexibility index (Phi) is 3.87. The van der Waals surface area contributed by atoms with E-state index < -0.39 is 0 Å². The Labute approximate surface area is 107 Å². The Morgan fingerprint density at radius 1 is 1.65 bits per heavy atom. The lowest BCUT2D eigenvalue weighted by molar-refractivity contribution is 1.16. The van der Waals surface area contributed by atoms with Gasteiger partial charge in [-0.15, -0.1) is 10.5 Å². The van der Waals surface area contributed by atoms with Crippen LogP contribution >= 0.6 is 22.1 Å². The normalized spacial score (nSPS) is 19.7. The zero-order valence-corrected chi connectivity index (χ0v) is 10.9. The molecule has 1 aliphatic rings. The first kappa shape index (κ1) is 12.2. The van der Waals surface area contributed by atoms with Crippen molar-refractivity contribution in [3.63, 3.8) is 0 Å². The number of halogens is 1. The van der Waals surface area contributed by atoms with Crippen LogP contribution < -0.4 is 0 Å². The van der Waals surface area contributed by atoms with Crippen molar-refractivity contribution in [3.05, 3.63) is 23.2 Å². The van der Waals surface area contributed by atoms with Gasteiger partial charge in [-0.3, -0.25) is 4.99 Å². The molecule has 1 aliphatic heterocycles. The molecule has 2 heterocycles. The standard InChI is InChI=1S/C11H11ClN4S/c1-2-8-6-17(7-15-8)10(5-13)9-3-4-14-11(12)16-9/h3-4H,2,6-7H2,1H3. The average Bonchev–Trinajstić information content (AvgIpc) is 2.79. The van der Waals surface area contributed by atoms with Crippen molar-refractivity contribution in [2.75, 3.05) is 11.6 Å². The fraction of sp³-hybridized carbons (Fsp3) is 0.364. The van der Waals surface area contributed by atoms with Gasteiger partial charge in [-0.1, -0.05) is 6.92 Å². The Morgan fingerprint density at radius 3 is 3.06 bits per heavy atom. The molecule has 0 fully saturated rings. The summed E-state index contributed by atoms with van der Waals surface area (Å²) in [5.41, 5.74) is 1.81. The molecule has 0 aliphatic carbocycles. The second kappa shape index (κ2) is 5.39. The molecule has 1 aromatic heterocycles. The highest BCUT2D eigenvalue weighted by Gasteiger charge is 2.16. The zero-order chi connectivity index (χ0) is 12.3. The van der Waals surface area contributed by atoms with Crippen molar-refractivity contribution in [1.82, 2.24) is 9.97 Å². The van der Waals surface area contributed by atoms with E-state index in [0.717, 1.165) is 12.2 Å². The van der Waals surface area contributed by atoms with Gasteiger partial charge in [0.05, 0.1) is 11.6 Å². The third-order valence-corrected chi connectivity index (χ3v) is 4.62. The maximum absolute atomic E-state index is 9.26. The SMILES string of the molecule is CCC1=NCS(=C(C#N)c2ccnc(Cl)n2)C1. The first-order valence-corrected chi connectivity index (χ1v) is 7.14. The van der Waals surface area contributed by atoms with Crippen LogP contribution in [0.3, 0.4) is 0 Å². The Balaban J connectivity index is 2.36. The largest absolute Gasteiger partial charge is 0.283 e. The maximum Gasteiger partial charge on any atom is 0.222 e. The van der Waals surface area contributed by atoms with Crippen molar-refractivity contribution in [3.8, 4) is 6.07 Å². The molecule has 0 bridgehead atoms. The van der Waals surface area contributed by atoms with E-state index in [-0.39, 0.29) is 15.8 Å². The highest BCUT2D eigenvalue weighted by molar-refractivity contribution is 8.17. The molecule has 0 saturated carbocycles. The summed E-state index contributed by atoms with van der Waals surface area (Å²) in [4.78, 5) is 13.0. The predicted molar refractivity (Wildman–Crippen MR) is 71.8 cm³/mol. The lowest BCUT2D eigenvalue weighted by atomic mass is 10.3. The van der Waals surface area contributed by atoms with Crippen molar-refractivity contribution in [2.45, 2.75) is 13.3 Å². The van der Waals surface area contributed by atoms with Crippen LogP contribution in [0.15, 0.2) is 17.3 Å². The third-order valence-electron chi connectivity index (χ3n) is 2.44. The molecule has 0 N–H and O–H groups in total. The molecule has 1 atom stereocenters.